The van der Waals surface area contributed by atoms with Crippen LogP contribution in [0, 0.1) is 0 Å². The van der Waals surface area contributed by atoms with Crippen molar-refractivity contribution in [3.8, 4) is 0 Å². The van der Waals surface area contributed by atoms with Crippen LogP contribution in [0.5, 0.6) is 0 Å². The predicted octanol–water partition coefficient (Wildman–Crippen LogP) is 23.5. The molecule has 0 aromatic rings. The van der Waals surface area contributed by atoms with Crippen LogP contribution in [0.2, 0.25) is 0 Å². The highest BCUT2D eigenvalue weighted by Crippen LogP contribution is 2.80. The lowest BCUT2D eigenvalue weighted by Gasteiger charge is -2.44. The first kappa shape index (κ1) is 107. The van der Waals surface area contributed by atoms with Crippen molar-refractivity contribution in [2.24, 2.45) is 0 Å². The van der Waals surface area contributed by atoms with E-state index in [1.54, 1.807) is 0 Å². The number of thiocarbonyl (C=S) groups is 1. The second kappa shape index (κ2) is 27.2. The van der Waals surface area contributed by atoms with Crippen LogP contribution in [-0.4, -0.2) is 260 Å². The number of nitrogens with zero attached hydrogens (tertiary/aromatic N) is 4. The summed E-state index contributed by atoms with van der Waals surface area (Å²) in [5.41, 5.74) is 0. The largest absolute Gasteiger partial charge is 0.460 e. The third kappa shape index (κ3) is 13.2. The number of hydrogen-bond acceptors (Lipinski definition) is 5. The Balaban J connectivity index is 2.16. The zero-order valence-corrected chi connectivity index (χ0v) is 55.3. The molecule has 0 aliphatic carbocycles. The molecular weight excluding hydrogens is 2000 g/mol. The topological polar surface area (TPSA) is 6.48 Å². The third-order valence-corrected chi connectivity index (χ3v) is 24.5. The molecule has 4 unspecified atom stereocenters. The second-order valence-electron chi connectivity index (χ2n) is 24.0. The molecule has 0 saturated carbocycles. The molecule has 4 nitrogen and oxygen atoms in total. The molecular formula is C41H12F68N4S5+2. The monoisotopic (exact) mass is 2010 g/mol. The van der Waals surface area contributed by atoms with E-state index in [2.05, 4.69) is 12.2 Å². The fraction of sp³-hybridized carbons (Fsp3) is 0.976. The van der Waals surface area contributed by atoms with Crippen molar-refractivity contribution in [3.63, 3.8) is 0 Å². The summed E-state index contributed by atoms with van der Waals surface area (Å²) in [4.78, 5) is -4.16. The molecule has 0 bridgehead atoms. The average Bonchev–Trinajstić information content (AvgIpc) is 1.48. The van der Waals surface area contributed by atoms with Gasteiger partial charge in [0, 0.05) is 0 Å². The van der Waals surface area contributed by atoms with Crippen LogP contribution < -0.4 is 0 Å². The first-order chi connectivity index (χ1) is 50.1. The van der Waals surface area contributed by atoms with Crippen LogP contribution in [0.25, 0.3) is 0 Å². The number of fused-ring (bicyclic) bond motifs is 2. The van der Waals surface area contributed by atoms with Crippen molar-refractivity contribution in [2.75, 3.05) is 26.2 Å². The second-order valence-corrected chi connectivity index (χ2v) is 30.7. The van der Waals surface area contributed by atoms with Crippen molar-refractivity contribution < 1.29 is 305 Å². The van der Waals surface area contributed by atoms with Gasteiger partial charge in [0.15, 0.2) is 52.8 Å². The van der Waals surface area contributed by atoms with Gasteiger partial charge in [0.25, 0.3) is 10.7 Å². The molecule has 4 fully saturated rings. The molecule has 0 aromatic heterocycles. The van der Waals surface area contributed by atoms with Gasteiger partial charge < -0.3 is 9.80 Å². The molecule has 4 heterocycles. The van der Waals surface area contributed by atoms with E-state index in [1.807, 2.05) is 0 Å². The van der Waals surface area contributed by atoms with Gasteiger partial charge in [0.2, 0.25) is 0 Å². The quantitative estimate of drug-likeness (QED) is 0.0215. The Morgan fingerprint density at radius 1 is 0.195 bits per heavy atom. The number of alkyl halides is 68. The van der Waals surface area contributed by atoms with Gasteiger partial charge in [-0.25, -0.2) is 0 Å². The molecule has 4 aliphatic heterocycles. The first-order valence-corrected chi connectivity index (χ1v) is 30.3. The first-order valence-electron chi connectivity index (χ1n) is 26.6. The highest BCUT2D eigenvalue weighted by Gasteiger charge is 3.03. The van der Waals surface area contributed by atoms with E-state index < -0.39 is 308 Å². The van der Waals surface area contributed by atoms with Gasteiger partial charge in [-0.1, -0.05) is 2.10 Å². The Labute approximate surface area is 617 Å². The maximum atomic E-state index is 15.9. The summed E-state index contributed by atoms with van der Waals surface area (Å²) >= 11 is -3.74. The van der Waals surface area contributed by atoms with E-state index >= 15 is 87.8 Å². The molecule has 118 heavy (non-hydrogen) atoms. The molecule has 700 valence electrons. The van der Waals surface area contributed by atoms with Gasteiger partial charge >= 0.3 is 191 Å². The van der Waals surface area contributed by atoms with E-state index in [0.717, 1.165) is 0 Å². The van der Waals surface area contributed by atoms with Gasteiger partial charge in [0.1, 0.15) is 23.9 Å². The van der Waals surface area contributed by atoms with Crippen LogP contribution >= 0.6 is 60.0 Å². The van der Waals surface area contributed by atoms with Crippen LogP contribution in [-0.2, 0) is 0 Å². The van der Waals surface area contributed by atoms with Crippen LogP contribution in [0.15, 0.2) is 0 Å². The zero-order valence-electron chi connectivity index (χ0n) is 51.2. The number of rotatable bonds is 32. The molecule has 4 saturated heterocycles. The minimum Gasteiger partial charge on any atom is -0.323 e. The highest BCUT2D eigenvalue weighted by molar-refractivity contribution is 8.32. The summed E-state index contributed by atoms with van der Waals surface area (Å²) in [6, 6.07) is 0. The Kier molecular flexibility index (Phi) is 24.5. The SMILES string of the molecule is FC(F)(F)C(F)(F)C(F)(F)C(F)(F)C(F)(F)C(F)(F)C(F)(F)C(F)(F)CN1C(=S)N(CC(F)(F)C(F)(F)C(F)(F)C(F)(F)C(F)(F)C(F)(F)C(F)(F)C(F)(F)F)C2S[N+]3(SC21)SC1C(S3)[N+]1(CC(F)(F)C(F)(F)C(F)(F)C(F)(F)C(F)(F)C(F)(F)C(F)(F)C(F)(F)F)CC(F)(F)C(F)(F)C(F)(F)C(F)(F)C(F)(F)C(F)(F)C(F)(F)C(F)(F)F. The van der Waals surface area contributed by atoms with Gasteiger partial charge in [-0.3, -0.25) is 4.48 Å². The van der Waals surface area contributed by atoms with E-state index in [-0.39, 0.29) is 0 Å². The normalized spacial score (nSPS) is 23.0. The van der Waals surface area contributed by atoms with Crippen molar-refractivity contribution in [1.82, 2.24) is 9.80 Å². The van der Waals surface area contributed by atoms with Gasteiger partial charge in [-0.15, -0.1) is 0 Å². The summed E-state index contributed by atoms with van der Waals surface area (Å²) in [6.07, 6.45) is -34.5. The summed E-state index contributed by atoms with van der Waals surface area (Å²) in [6.45, 7) is -20.3. The molecule has 4 aliphatic rings. The van der Waals surface area contributed by atoms with Crippen LogP contribution in [0.3, 0.4) is 0 Å². The van der Waals surface area contributed by atoms with Crippen molar-refractivity contribution >= 4 is 65.1 Å². The lowest BCUT2D eigenvalue weighted by atomic mass is 9.88. The smallest absolute Gasteiger partial charge is 0.323 e. The molecule has 0 N–H and O–H groups in total. The standard InChI is InChI=1S/C41H12F68N4S5/c42-10(43,14(50,51)18(58,59)22(66,67)26(74,75)30(82,83)34(90,91)38(98,99)100)1-110-5-6(111(9(110)114)2-11(44,45)15(52,53)19(60,61)23(68,69)27(76,77)31(84,85)35(92,93)39(101,102)103)116-113(115-5)117-7-8(118-113)112(7,3-12(46,47)16(54,55)20(62,63)24(70,71)28(78,79)32(86,87)36(94,95)40(104,105)106)4-13(48,49)17(56,57)21(64,65)25(72,73)29(80,81)33(88,89)37(96,97)41(107,108)109/h5-8H,1-4H2/q+2. The number of quaternary nitrogens is 2. The zero-order chi connectivity index (χ0) is 95.7. The van der Waals surface area contributed by atoms with E-state index in [9.17, 15) is 211 Å². The summed E-state index contributed by atoms with van der Waals surface area (Å²) in [5, 5.41) is -21.0. The Hall–Kier alpha value is -3.75. The lowest BCUT2D eigenvalue weighted by molar-refractivity contribution is -0.837. The minimum atomic E-state index is -10.0. The Bertz CT molecular complexity index is 3490. The maximum absolute atomic E-state index is 15.9. The minimum absolute atomic E-state index is 1.80. The predicted molar refractivity (Wildman–Crippen MR) is 245 cm³/mol. The lowest BCUT2D eigenvalue weighted by Crippen LogP contribution is -2.76. The highest BCUT2D eigenvalue weighted by atomic mass is 32.3. The van der Waals surface area contributed by atoms with Crippen molar-refractivity contribution in [3.05, 3.63) is 0 Å². The van der Waals surface area contributed by atoms with Crippen LogP contribution in [0.4, 0.5) is 299 Å². The van der Waals surface area contributed by atoms with Crippen LogP contribution in [0.1, 0.15) is 0 Å². The molecule has 4 atom stereocenters. The summed E-state index contributed by atoms with van der Waals surface area (Å²) < 4.78 is 965. The molecule has 4 rings (SSSR count). The number of halogens is 68. The maximum Gasteiger partial charge on any atom is 0.460 e. The van der Waals surface area contributed by atoms with Crippen molar-refractivity contribution in [2.45, 2.75) is 212 Å². The number of hydrogen-bond donors (Lipinski definition) is 0. The van der Waals surface area contributed by atoms with E-state index in [4.69, 9.17) is 0 Å². The van der Waals surface area contributed by atoms with E-state index in [0.29, 0.717) is 0 Å². The molecule has 0 amide bonds. The molecule has 77 heteroatoms. The molecule has 1 spiro atoms. The Morgan fingerprint density at radius 3 is 0.483 bits per heavy atom. The summed E-state index contributed by atoms with van der Waals surface area (Å²) in [5.74, 6) is -266. The summed E-state index contributed by atoms with van der Waals surface area (Å²) in [7, 11) is 0. The van der Waals surface area contributed by atoms with Crippen molar-refractivity contribution in [1.29, 1.82) is 0 Å². The van der Waals surface area contributed by atoms with Gasteiger partial charge in [-0.2, -0.15) is 299 Å². The average molecular weight is 2010 g/mol. The molecule has 0 radical (unpaired) electrons. The fourth-order valence-corrected chi connectivity index (χ4v) is 18.5. The third-order valence-electron chi connectivity index (χ3n) is 16.3. The fourth-order valence-electron chi connectivity index (χ4n) is 9.32. The molecule has 0 aromatic carbocycles. The van der Waals surface area contributed by atoms with Gasteiger partial charge in [-0.05, 0) is 12.2 Å². The Morgan fingerprint density at radius 2 is 0.331 bits per heavy atom. The van der Waals surface area contributed by atoms with E-state index in [1.165, 1.54) is 0 Å². The van der Waals surface area contributed by atoms with Gasteiger partial charge in [0.05, 0.1) is 13.1 Å².